The van der Waals surface area contributed by atoms with Gasteiger partial charge < -0.3 is 9.32 Å². The number of rotatable bonds is 4. The Morgan fingerprint density at radius 2 is 1.77 bits per heavy atom. The minimum atomic E-state index is 0.0126. The summed E-state index contributed by atoms with van der Waals surface area (Å²) in [5.41, 5.74) is 4.28. The molecule has 1 aliphatic rings. The Bertz CT molecular complexity index is 1090. The molecule has 0 spiro atoms. The number of hydrogen-bond acceptors (Lipinski definition) is 5. The molecule has 6 nitrogen and oxygen atoms in total. The van der Waals surface area contributed by atoms with Gasteiger partial charge in [-0.3, -0.25) is 9.69 Å². The van der Waals surface area contributed by atoms with Gasteiger partial charge in [-0.25, -0.2) is 4.98 Å². The van der Waals surface area contributed by atoms with Crippen molar-refractivity contribution in [1.82, 2.24) is 14.8 Å². The Balaban J connectivity index is 1.38. The summed E-state index contributed by atoms with van der Waals surface area (Å²) in [6.07, 6.45) is 0. The first-order chi connectivity index (χ1) is 14.5. The number of aromatic nitrogens is 1. The van der Waals surface area contributed by atoms with Gasteiger partial charge in [-0.1, -0.05) is 18.2 Å². The molecule has 0 bridgehead atoms. The van der Waals surface area contributed by atoms with Crippen LogP contribution in [0, 0.1) is 25.2 Å². The summed E-state index contributed by atoms with van der Waals surface area (Å²) >= 11 is 0. The highest BCUT2D eigenvalue weighted by Crippen LogP contribution is 2.25. The Morgan fingerprint density at radius 1 is 1.07 bits per heavy atom. The SMILES string of the molecule is Cc1ccccc1-c1nc(CN2CCN(C(=O)c3ccc(C#N)cc3)CC2)c(C)o1. The molecule has 6 heteroatoms. The van der Waals surface area contributed by atoms with Crippen LogP contribution in [0.2, 0.25) is 0 Å². The first-order valence-electron chi connectivity index (χ1n) is 10.1. The number of nitriles is 1. The molecule has 0 atom stereocenters. The number of amides is 1. The summed E-state index contributed by atoms with van der Waals surface area (Å²) in [5, 5.41) is 8.90. The molecule has 0 saturated carbocycles. The average molecular weight is 400 g/mol. The van der Waals surface area contributed by atoms with Gasteiger partial charge in [-0.2, -0.15) is 5.26 Å². The van der Waals surface area contributed by atoms with Gasteiger partial charge in [0.05, 0.1) is 17.3 Å². The van der Waals surface area contributed by atoms with Gasteiger partial charge >= 0.3 is 0 Å². The Kier molecular flexibility index (Phi) is 5.64. The van der Waals surface area contributed by atoms with E-state index in [0.717, 1.165) is 35.7 Å². The maximum atomic E-state index is 12.7. The molecule has 0 radical (unpaired) electrons. The number of piperazine rings is 1. The smallest absolute Gasteiger partial charge is 0.253 e. The first kappa shape index (κ1) is 19.9. The van der Waals surface area contributed by atoms with Gasteiger partial charge in [-0.05, 0) is 49.7 Å². The van der Waals surface area contributed by atoms with Crippen molar-refractivity contribution < 1.29 is 9.21 Å². The molecule has 30 heavy (non-hydrogen) atoms. The molecule has 2 aromatic carbocycles. The number of carbonyl (C=O) groups is 1. The fraction of sp³-hybridized carbons (Fsp3) is 0.292. The number of aryl methyl sites for hydroxylation is 2. The third kappa shape index (κ3) is 4.12. The third-order valence-electron chi connectivity index (χ3n) is 5.56. The molecule has 0 aliphatic carbocycles. The molecule has 1 aromatic heterocycles. The molecule has 1 saturated heterocycles. The van der Waals surface area contributed by atoms with E-state index in [1.807, 2.05) is 30.0 Å². The Morgan fingerprint density at radius 3 is 2.43 bits per heavy atom. The van der Waals surface area contributed by atoms with E-state index in [4.69, 9.17) is 14.7 Å². The lowest BCUT2D eigenvalue weighted by Gasteiger charge is -2.34. The number of carbonyl (C=O) groups excluding carboxylic acids is 1. The van der Waals surface area contributed by atoms with Crippen molar-refractivity contribution in [3.8, 4) is 17.5 Å². The van der Waals surface area contributed by atoms with Crippen molar-refractivity contribution >= 4 is 5.91 Å². The van der Waals surface area contributed by atoms with E-state index < -0.39 is 0 Å². The van der Waals surface area contributed by atoms with E-state index in [1.54, 1.807) is 24.3 Å². The molecule has 1 amide bonds. The third-order valence-corrected chi connectivity index (χ3v) is 5.56. The minimum Gasteiger partial charge on any atom is -0.441 e. The van der Waals surface area contributed by atoms with Crippen LogP contribution in [0.5, 0.6) is 0 Å². The number of nitrogens with zero attached hydrogens (tertiary/aromatic N) is 4. The van der Waals surface area contributed by atoms with E-state index in [0.29, 0.717) is 36.7 Å². The molecule has 2 heterocycles. The average Bonchev–Trinajstić information content (AvgIpc) is 3.14. The van der Waals surface area contributed by atoms with Crippen LogP contribution < -0.4 is 0 Å². The van der Waals surface area contributed by atoms with Gasteiger partial charge in [-0.15, -0.1) is 0 Å². The van der Waals surface area contributed by atoms with Crippen LogP contribution in [-0.2, 0) is 6.54 Å². The van der Waals surface area contributed by atoms with Crippen molar-refractivity contribution in [3.63, 3.8) is 0 Å². The summed E-state index contributed by atoms with van der Waals surface area (Å²) in [5.74, 6) is 1.51. The largest absolute Gasteiger partial charge is 0.441 e. The molecule has 4 rings (SSSR count). The highest BCUT2D eigenvalue weighted by atomic mass is 16.4. The van der Waals surface area contributed by atoms with Crippen LogP contribution in [0.25, 0.3) is 11.5 Å². The van der Waals surface area contributed by atoms with Crippen LogP contribution in [-0.4, -0.2) is 46.9 Å². The zero-order chi connectivity index (χ0) is 21.1. The predicted octanol–water partition coefficient (Wildman–Crippen LogP) is 3.79. The molecule has 1 fully saturated rings. The van der Waals surface area contributed by atoms with E-state index >= 15 is 0 Å². The van der Waals surface area contributed by atoms with Crippen molar-refractivity contribution in [2.24, 2.45) is 0 Å². The Hall–Kier alpha value is -3.43. The van der Waals surface area contributed by atoms with Crippen molar-refractivity contribution in [3.05, 3.63) is 76.7 Å². The second-order valence-corrected chi connectivity index (χ2v) is 7.59. The second kappa shape index (κ2) is 8.52. The van der Waals surface area contributed by atoms with Crippen LogP contribution >= 0.6 is 0 Å². The Labute approximate surface area is 176 Å². The van der Waals surface area contributed by atoms with Crippen molar-refractivity contribution in [1.29, 1.82) is 5.26 Å². The standard InChI is InChI=1S/C24H24N4O2/c1-17-5-3-4-6-21(17)23-26-22(18(2)30-23)16-27-11-13-28(14-12-27)24(29)20-9-7-19(15-25)8-10-20/h3-10H,11-14,16H2,1-2H3. The lowest BCUT2D eigenvalue weighted by molar-refractivity contribution is 0.0626. The predicted molar refractivity (Wildman–Crippen MR) is 114 cm³/mol. The molecule has 0 N–H and O–H groups in total. The fourth-order valence-corrected chi connectivity index (χ4v) is 3.69. The summed E-state index contributed by atoms with van der Waals surface area (Å²) in [4.78, 5) is 21.6. The summed E-state index contributed by atoms with van der Waals surface area (Å²) in [7, 11) is 0. The number of hydrogen-bond donors (Lipinski definition) is 0. The zero-order valence-corrected chi connectivity index (χ0v) is 17.3. The molecular weight excluding hydrogens is 376 g/mol. The molecule has 1 aliphatic heterocycles. The maximum absolute atomic E-state index is 12.7. The van der Waals surface area contributed by atoms with Crippen LogP contribution in [0.4, 0.5) is 0 Å². The normalized spacial score (nSPS) is 14.5. The van der Waals surface area contributed by atoms with Crippen molar-refractivity contribution in [2.45, 2.75) is 20.4 Å². The summed E-state index contributed by atoms with van der Waals surface area (Å²) in [6.45, 7) is 7.62. The highest BCUT2D eigenvalue weighted by molar-refractivity contribution is 5.94. The number of oxazole rings is 1. The molecule has 0 unspecified atom stereocenters. The first-order valence-corrected chi connectivity index (χ1v) is 10.1. The van der Waals surface area contributed by atoms with E-state index in [2.05, 4.69) is 24.0 Å². The van der Waals surface area contributed by atoms with Gasteiger partial charge in [0.15, 0.2) is 0 Å². The second-order valence-electron chi connectivity index (χ2n) is 7.59. The van der Waals surface area contributed by atoms with E-state index in [-0.39, 0.29) is 5.91 Å². The molecule has 3 aromatic rings. The monoisotopic (exact) mass is 400 g/mol. The lowest BCUT2D eigenvalue weighted by Crippen LogP contribution is -2.48. The number of benzene rings is 2. The zero-order valence-electron chi connectivity index (χ0n) is 17.3. The highest BCUT2D eigenvalue weighted by Gasteiger charge is 2.24. The molecule has 152 valence electrons. The fourth-order valence-electron chi connectivity index (χ4n) is 3.69. The van der Waals surface area contributed by atoms with Crippen LogP contribution in [0.1, 0.15) is 32.9 Å². The van der Waals surface area contributed by atoms with Gasteiger partial charge in [0.25, 0.3) is 5.91 Å². The van der Waals surface area contributed by atoms with Gasteiger partial charge in [0.1, 0.15) is 5.76 Å². The van der Waals surface area contributed by atoms with E-state index in [9.17, 15) is 4.79 Å². The minimum absolute atomic E-state index is 0.0126. The van der Waals surface area contributed by atoms with Crippen molar-refractivity contribution in [2.75, 3.05) is 26.2 Å². The lowest BCUT2D eigenvalue weighted by atomic mass is 10.1. The molecular formula is C24H24N4O2. The van der Waals surface area contributed by atoms with Gasteiger partial charge in [0, 0.05) is 43.9 Å². The summed E-state index contributed by atoms with van der Waals surface area (Å²) in [6, 6.07) is 17.0. The van der Waals surface area contributed by atoms with Crippen LogP contribution in [0.15, 0.2) is 52.9 Å². The maximum Gasteiger partial charge on any atom is 0.253 e. The topological polar surface area (TPSA) is 73.4 Å². The van der Waals surface area contributed by atoms with Gasteiger partial charge in [0.2, 0.25) is 5.89 Å². The van der Waals surface area contributed by atoms with E-state index in [1.165, 1.54) is 0 Å². The quantitative estimate of drug-likeness (QED) is 0.666. The summed E-state index contributed by atoms with van der Waals surface area (Å²) < 4.78 is 5.93. The van der Waals surface area contributed by atoms with Crippen LogP contribution in [0.3, 0.4) is 0 Å².